The Labute approximate surface area is 219 Å². The lowest BCUT2D eigenvalue weighted by atomic mass is 10.0. The van der Waals surface area contributed by atoms with E-state index in [9.17, 15) is 9.59 Å². The molecule has 0 radical (unpaired) electrons. The Morgan fingerprint density at radius 3 is 2.14 bits per heavy atom. The zero-order valence-electron chi connectivity index (χ0n) is 22.3. The van der Waals surface area contributed by atoms with Crippen LogP contribution in [0.3, 0.4) is 0 Å². The van der Waals surface area contributed by atoms with Crippen molar-refractivity contribution in [3.63, 3.8) is 0 Å². The van der Waals surface area contributed by atoms with Crippen molar-refractivity contribution in [1.82, 2.24) is 9.80 Å². The summed E-state index contributed by atoms with van der Waals surface area (Å²) < 4.78 is 15.1. The largest absolute Gasteiger partial charge is 0.367 e. The molecule has 0 aliphatic carbocycles. The third kappa shape index (κ3) is 6.66. The second-order valence-corrected chi connectivity index (χ2v) is 9.34. The number of nitrogens with one attached hydrogen (secondary N) is 1. The maximum atomic E-state index is 15.1. The molecule has 8 heteroatoms. The van der Waals surface area contributed by atoms with Gasteiger partial charge in [-0.1, -0.05) is 26.0 Å². The second-order valence-electron chi connectivity index (χ2n) is 9.34. The molecule has 3 rings (SSSR count). The van der Waals surface area contributed by atoms with Crippen molar-refractivity contribution in [3.05, 3.63) is 59.4 Å². The minimum absolute atomic E-state index is 0.0342. The van der Waals surface area contributed by atoms with Crippen molar-refractivity contribution in [2.75, 3.05) is 49.5 Å². The maximum absolute atomic E-state index is 15.1. The molecule has 2 aromatic carbocycles. The fraction of sp³-hybridized carbons (Fsp3) is 0.483. The number of hydrogen-bond acceptors (Lipinski definition) is 5. The number of carbonyl (C=O) groups excluding carboxylic acids is 2. The Bertz CT molecular complexity index is 1100. The second kappa shape index (κ2) is 13.2. The molecule has 37 heavy (non-hydrogen) atoms. The first-order valence-electron chi connectivity index (χ1n) is 13.2. The fourth-order valence-corrected chi connectivity index (χ4v) is 4.92. The van der Waals surface area contributed by atoms with Crippen LogP contribution in [0, 0.1) is 23.1 Å². The normalized spacial score (nSPS) is 14.8. The van der Waals surface area contributed by atoms with E-state index in [2.05, 4.69) is 16.3 Å². The number of halogens is 1. The topological polar surface area (TPSA) is 79.7 Å². The van der Waals surface area contributed by atoms with E-state index in [1.807, 2.05) is 49.6 Å². The summed E-state index contributed by atoms with van der Waals surface area (Å²) in [7, 11) is 0. The fourth-order valence-electron chi connectivity index (χ4n) is 4.92. The molecule has 1 fully saturated rings. The SMILES string of the molecule is CCC(CC)C(=O)Nc1ccc(N2CCN(C(C(=O)N(CC)CC)c3ccc(C#N)cc3)CC2)c(F)c1. The highest BCUT2D eigenvalue weighted by molar-refractivity contribution is 5.92. The van der Waals surface area contributed by atoms with Crippen LogP contribution in [0.4, 0.5) is 15.8 Å². The van der Waals surface area contributed by atoms with Crippen molar-refractivity contribution in [2.24, 2.45) is 5.92 Å². The molecule has 0 aromatic heterocycles. The minimum Gasteiger partial charge on any atom is -0.367 e. The highest BCUT2D eigenvalue weighted by Crippen LogP contribution is 2.29. The van der Waals surface area contributed by atoms with Crippen LogP contribution in [-0.4, -0.2) is 60.9 Å². The van der Waals surface area contributed by atoms with E-state index in [4.69, 9.17) is 5.26 Å². The first kappa shape index (κ1) is 28.1. The molecule has 1 unspecified atom stereocenters. The standard InChI is InChI=1S/C29H38FN5O2/c1-5-22(6-2)28(36)32-24-13-14-26(25(30)19-24)34-15-17-35(18-16-34)27(29(37)33(7-3)8-4)23-11-9-21(20-31)10-12-23/h9-14,19,22,27H,5-8,15-18H2,1-4H3,(H,32,36). The van der Waals surface area contributed by atoms with Crippen molar-refractivity contribution >= 4 is 23.2 Å². The Kier molecular flexibility index (Phi) is 10.0. The van der Waals surface area contributed by atoms with Crippen LogP contribution in [0.1, 0.15) is 57.7 Å². The number of anilines is 2. The number of nitriles is 1. The van der Waals surface area contributed by atoms with Crippen LogP contribution in [0.25, 0.3) is 0 Å². The van der Waals surface area contributed by atoms with Gasteiger partial charge in [0.25, 0.3) is 0 Å². The van der Waals surface area contributed by atoms with E-state index in [-0.39, 0.29) is 23.5 Å². The molecule has 1 aliphatic heterocycles. The highest BCUT2D eigenvalue weighted by Gasteiger charge is 2.33. The molecular formula is C29H38FN5O2. The summed E-state index contributed by atoms with van der Waals surface area (Å²) in [5, 5.41) is 12.0. The van der Waals surface area contributed by atoms with E-state index in [1.54, 1.807) is 24.3 Å². The molecule has 2 amide bonds. The van der Waals surface area contributed by atoms with Crippen LogP contribution in [0.2, 0.25) is 0 Å². The Morgan fingerprint density at radius 1 is 1.00 bits per heavy atom. The zero-order chi connectivity index (χ0) is 26.9. The summed E-state index contributed by atoms with van der Waals surface area (Å²) in [6.07, 6.45) is 1.49. The number of amides is 2. The van der Waals surface area contributed by atoms with E-state index in [0.717, 1.165) is 18.4 Å². The van der Waals surface area contributed by atoms with Gasteiger partial charge in [-0.25, -0.2) is 4.39 Å². The molecule has 1 heterocycles. The summed E-state index contributed by atoms with van der Waals surface area (Å²) in [5.41, 5.74) is 2.36. The third-order valence-electron chi connectivity index (χ3n) is 7.26. The predicted octanol–water partition coefficient (Wildman–Crippen LogP) is 4.80. The van der Waals surface area contributed by atoms with Crippen molar-refractivity contribution in [2.45, 2.75) is 46.6 Å². The number of carbonyl (C=O) groups is 2. The predicted molar refractivity (Wildman–Crippen MR) is 145 cm³/mol. The van der Waals surface area contributed by atoms with Gasteiger partial charge in [-0.15, -0.1) is 0 Å². The van der Waals surface area contributed by atoms with Gasteiger partial charge in [-0.05, 0) is 62.6 Å². The quantitative estimate of drug-likeness (QED) is 0.500. The van der Waals surface area contributed by atoms with Gasteiger partial charge in [-0.3, -0.25) is 14.5 Å². The highest BCUT2D eigenvalue weighted by atomic mass is 19.1. The van der Waals surface area contributed by atoms with Crippen molar-refractivity contribution in [1.29, 1.82) is 5.26 Å². The first-order valence-corrected chi connectivity index (χ1v) is 13.2. The number of benzene rings is 2. The van der Waals surface area contributed by atoms with Crippen LogP contribution >= 0.6 is 0 Å². The van der Waals surface area contributed by atoms with Gasteiger partial charge in [0.05, 0.1) is 17.3 Å². The van der Waals surface area contributed by atoms with E-state index < -0.39 is 6.04 Å². The molecule has 1 atom stereocenters. The van der Waals surface area contributed by atoms with Gasteiger partial charge in [-0.2, -0.15) is 5.26 Å². The Morgan fingerprint density at radius 2 is 1.62 bits per heavy atom. The number of piperazine rings is 1. The van der Waals surface area contributed by atoms with E-state index in [0.29, 0.717) is 56.2 Å². The molecule has 0 bridgehead atoms. The van der Waals surface area contributed by atoms with E-state index >= 15 is 4.39 Å². The van der Waals surface area contributed by atoms with E-state index in [1.165, 1.54) is 6.07 Å². The Balaban J connectivity index is 1.74. The van der Waals surface area contributed by atoms with Crippen LogP contribution < -0.4 is 10.2 Å². The summed E-state index contributed by atoms with van der Waals surface area (Å²) in [5.74, 6) is -0.512. The molecule has 1 saturated heterocycles. The summed E-state index contributed by atoms with van der Waals surface area (Å²) in [4.78, 5) is 31.8. The van der Waals surface area contributed by atoms with Gasteiger partial charge in [0, 0.05) is 50.9 Å². The van der Waals surface area contributed by atoms with Crippen molar-refractivity contribution in [3.8, 4) is 6.07 Å². The number of rotatable bonds is 10. The molecule has 1 N–H and O–H groups in total. The van der Waals surface area contributed by atoms with Gasteiger partial charge in [0.1, 0.15) is 11.9 Å². The molecule has 198 valence electrons. The molecule has 0 saturated carbocycles. The minimum atomic E-state index is -0.456. The molecule has 1 aliphatic rings. The number of nitrogens with zero attached hydrogens (tertiary/aromatic N) is 4. The van der Waals surface area contributed by atoms with Gasteiger partial charge >= 0.3 is 0 Å². The lowest BCUT2D eigenvalue weighted by Gasteiger charge is -2.41. The van der Waals surface area contributed by atoms with Crippen molar-refractivity contribution < 1.29 is 14.0 Å². The summed E-state index contributed by atoms with van der Waals surface area (Å²) >= 11 is 0. The average molecular weight is 508 g/mol. The van der Waals surface area contributed by atoms with Crippen LogP contribution in [0.15, 0.2) is 42.5 Å². The molecular weight excluding hydrogens is 469 g/mol. The van der Waals surface area contributed by atoms with Gasteiger partial charge in [0.2, 0.25) is 11.8 Å². The third-order valence-corrected chi connectivity index (χ3v) is 7.26. The lowest BCUT2D eigenvalue weighted by molar-refractivity contribution is -0.137. The first-order chi connectivity index (χ1) is 17.9. The zero-order valence-corrected chi connectivity index (χ0v) is 22.3. The maximum Gasteiger partial charge on any atom is 0.244 e. The lowest BCUT2D eigenvalue weighted by Crippen LogP contribution is -2.52. The number of hydrogen-bond donors (Lipinski definition) is 1. The monoisotopic (exact) mass is 507 g/mol. The van der Waals surface area contributed by atoms with Gasteiger partial charge in [0.15, 0.2) is 0 Å². The molecule has 2 aromatic rings. The van der Waals surface area contributed by atoms with Crippen LogP contribution in [0.5, 0.6) is 0 Å². The average Bonchev–Trinajstić information content (AvgIpc) is 2.91. The van der Waals surface area contributed by atoms with Crippen LogP contribution in [-0.2, 0) is 9.59 Å². The van der Waals surface area contributed by atoms with Gasteiger partial charge < -0.3 is 15.1 Å². The number of likely N-dealkylation sites (N-methyl/N-ethyl adjacent to an activating group) is 1. The molecule has 7 nitrogen and oxygen atoms in total. The summed E-state index contributed by atoms with van der Waals surface area (Å²) in [6, 6.07) is 13.7. The summed E-state index contributed by atoms with van der Waals surface area (Å²) in [6.45, 7) is 11.4. The Hall–Kier alpha value is -3.44. The molecule has 0 spiro atoms. The smallest absolute Gasteiger partial charge is 0.244 e.